The summed E-state index contributed by atoms with van der Waals surface area (Å²) < 4.78 is 0. The Morgan fingerprint density at radius 1 is 1.09 bits per heavy atom. The van der Waals surface area contributed by atoms with Gasteiger partial charge in [0.2, 0.25) is 0 Å². The summed E-state index contributed by atoms with van der Waals surface area (Å²) in [4.78, 5) is 8.71. The third-order valence-corrected chi connectivity index (χ3v) is 3.49. The topological polar surface area (TPSA) is 87.2 Å². The van der Waals surface area contributed by atoms with Gasteiger partial charge in [-0.3, -0.25) is 10.4 Å². The van der Waals surface area contributed by atoms with Crippen molar-refractivity contribution in [3.8, 4) is 0 Å². The van der Waals surface area contributed by atoms with E-state index in [9.17, 15) is 0 Å². The van der Waals surface area contributed by atoms with Gasteiger partial charge in [-0.25, -0.2) is 4.99 Å². The lowest BCUT2D eigenvalue weighted by Crippen LogP contribution is -2.22. The highest BCUT2D eigenvalue weighted by molar-refractivity contribution is 6.10. The van der Waals surface area contributed by atoms with Gasteiger partial charge in [-0.1, -0.05) is 36.4 Å². The predicted molar refractivity (Wildman–Crippen MR) is 92.9 cm³/mol. The average Bonchev–Trinajstić information content (AvgIpc) is 2.61. The summed E-state index contributed by atoms with van der Waals surface area (Å²) in [6, 6.07) is 15.6. The van der Waals surface area contributed by atoms with Crippen LogP contribution in [0.15, 0.2) is 77.3 Å². The maximum Gasteiger partial charge on any atom is 0.137 e. The fourth-order valence-corrected chi connectivity index (χ4v) is 2.30. The molecular formula is C18H17N5. The lowest BCUT2D eigenvalue weighted by molar-refractivity contribution is 0.974. The summed E-state index contributed by atoms with van der Waals surface area (Å²) >= 11 is 0. The summed E-state index contributed by atoms with van der Waals surface area (Å²) in [6.07, 6.45) is 5.87. The summed E-state index contributed by atoms with van der Waals surface area (Å²) in [5, 5.41) is 11.0. The van der Waals surface area contributed by atoms with Crippen molar-refractivity contribution >= 4 is 17.6 Å². The molecule has 0 aliphatic carbocycles. The molecule has 0 spiro atoms. The Bertz CT molecular complexity index is 789. The van der Waals surface area contributed by atoms with Crippen LogP contribution < -0.4 is 11.1 Å². The van der Waals surface area contributed by atoms with Gasteiger partial charge in [0.25, 0.3) is 0 Å². The first kappa shape index (κ1) is 14.7. The molecule has 1 aromatic heterocycles. The van der Waals surface area contributed by atoms with E-state index in [1.807, 2.05) is 54.7 Å². The van der Waals surface area contributed by atoms with Crippen LogP contribution >= 0.6 is 0 Å². The molecule has 2 heterocycles. The monoisotopic (exact) mass is 303 g/mol. The van der Waals surface area contributed by atoms with Crippen molar-refractivity contribution in [1.82, 2.24) is 10.3 Å². The molecule has 4 N–H and O–H groups in total. The Labute approximate surface area is 134 Å². The third kappa shape index (κ3) is 3.52. The lowest BCUT2D eigenvalue weighted by atomic mass is 10.0. The van der Waals surface area contributed by atoms with E-state index in [-0.39, 0.29) is 5.84 Å². The van der Waals surface area contributed by atoms with Crippen LogP contribution in [-0.2, 0) is 6.42 Å². The van der Waals surface area contributed by atoms with E-state index < -0.39 is 0 Å². The molecule has 2 aromatic rings. The van der Waals surface area contributed by atoms with Gasteiger partial charge >= 0.3 is 0 Å². The SMILES string of the molecule is N=C(N)/C(Cc1ccccc1)=C1/N=CC(c2ccccn2)=CN1. The highest BCUT2D eigenvalue weighted by Crippen LogP contribution is 2.17. The minimum absolute atomic E-state index is 0.0168. The molecule has 0 bridgehead atoms. The van der Waals surface area contributed by atoms with Crippen LogP contribution in [0.2, 0.25) is 0 Å². The third-order valence-electron chi connectivity index (χ3n) is 3.49. The van der Waals surface area contributed by atoms with Gasteiger partial charge in [0.1, 0.15) is 11.7 Å². The van der Waals surface area contributed by atoms with Crippen LogP contribution in [0.4, 0.5) is 0 Å². The normalized spacial score (nSPS) is 15.6. The van der Waals surface area contributed by atoms with E-state index in [1.165, 1.54) is 0 Å². The number of hydrogen-bond acceptors (Lipinski definition) is 4. The molecule has 0 radical (unpaired) electrons. The first-order valence-electron chi connectivity index (χ1n) is 7.27. The van der Waals surface area contributed by atoms with E-state index in [4.69, 9.17) is 11.1 Å². The number of aromatic nitrogens is 1. The smallest absolute Gasteiger partial charge is 0.137 e. The molecule has 0 fully saturated rings. The van der Waals surface area contributed by atoms with Gasteiger partial charge in [-0.2, -0.15) is 0 Å². The maximum atomic E-state index is 7.82. The van der Waals surface area contributed by atoms with Crippen LogP contribution in [0.5, 0.6) is 0 Å². The molecule has 1 aliphatic heterocycles. The van der Waals surface area contributed by atoms with E-state index in [2.05, 4.69) is 15.3 Å². The molecule has 5 nitrogen and oxygen atoms in total. The van der Waals surface area contributed by atoms with Gasteiger partial charge < -0.3 is 11.1 Å². The van der Waals surface area contributed by atoms with Crippen LogP contribution in [0, 0.1) is 5.41 Å². The summed E-state index contributed by atoms with van der Waals surface area (Å²) in [5.41, 5.74) is 9.22. The zero-order valence-electron chi connectivity index (χ0n) is 12.5. The number of nitrogens with zero attached hydrogens (tertiary/aromatic N) is 2. The minimum Gasteiger partial charge on any atom is -0.384 e. The molecule has 23 heavy (non-hydrogen) atoms. The quantitative estimate of drug-likeness (QED) is 0.599. The Hall–Kier alpha value is -3.21. The Balaban J connectivity index is 1.85. The maximum absolute atomic E-state index is 7.82. The van der Waals surface area contributed by atoms with Crippen molar-refractivity contribution in [2.75, 3.05) is 0 Å². The van der Waals surface area contributed by atoms with Crippen molar-refractivity contribution < 1.29 is 0 Å². The molecule has 0 unspecified atom stereocenters. The standard InChI is InChI=1S/C18H17N5/c19-17(20)15(10-13-6-2-1-3-7-13)18-22-11-14(12-23-18)16-8-4-5-9-21-16/h1-9,11-12,22H,10H2,(H3,19,20)/b18-15+. The number of nitrogens with one attached hydrogen (secondary N) is 2. The fraction of sp³-hybridized carbons (Fsp3) is 0.0556. The number of aliphatic imine (C=N–C) groups is 1. The van der Waals surface area contributed by atoms with Crippen LogP contribution in [0.3, 0.4) is 0 Å². The number of benzene rings is 1. The van der Waals surface area contributed by atoms with Gasteiger partial charge in [0.05, 0.1) is 5.69 Å². The zero-order chi connectivity index (χ0) is 16.1. The van der Waals surface area contributed by atoms with Crippen molar-refractivity contribution in [2.45, 2.75) is 6.42 Å². The molecule has 1 aliphatic rings. The number of allylic oxidation sites excluding steroid dienone is 1. The van der Waals surface area contributed by atoms with Crippen molar-refractivity contribution in [1.29, 1.82) is 5.41 Å². The Morgan fingerprint density at radius 2 is 1.87 bits per heavy atom. The van der Waals surface area contributed by atoms with Crippen LogP contribution in [0.25, 0.3) is 5.57 Å². The summed E-state index contributed by atoms with van der Waals surface area (Å²) in [7, 11) is 0. The largest absolute Gasteiger partial charge is 0.384 e. The van der Waals surface area contributed by atoms with Crippen LogP contribution in [-0.4, -0.2) is 17.0 Å². The molecule has 0 amide bonds. The van der Waals surface area contributed by atoms with E-state index in [0.717, 1.165) is 16.8 Å². The molecule has 0 saturated carbocycles. The molecule has 5 heteroatoms. The lowest BCUT2D eigenvalue weighted by Gasteiger charge is -2.15. The number of amidine groups is 1. The molecule has 0 atom stereocenters. The van der Waals surface area contributed by atoms with Gasteiger partial charge in [-0.15, -0.1) is 0 Å². The highest BCUT2D eigenvalue weighted by atomic mass is 15.0. The highest BCUT2D eigenvalue weighted by Gasteiger charge is 2.13. The predicted octanol–water partition coefficient (Wildman–Crippen LogP) is 2.49. The fourth-order valence-electron chi connectivity index (χ4n) is 2.30. The second-order valence-corrected chi connectivity index (χ2v) is 5.12. The second kappa shape index (κ2) is 6.70. The first-order valence-corrected chi connectivity index (χ1v) is 7.27. The molecule has 114 valence electrons. The molecule has 3 rings (SSSR count). The van der Waals surface area contributed by atoms with Gasteiger partial charge in [0, 0.05) is 36.2 Å². The number of rotatable bonds is 4. The average molecular weight is 303 g/mol. The van der Waals surface area contributed by atoms with Crippen LogP contribution in [0.1, 0.15) is 11.3 Å². The van der Waals surface area contributed by atoms with Crippen molar-refractivity contribution in [3.05, 3.63) is 83.6 Å². The number of hydrogen-bond donors (Lipinski definition) is 3. The van der Waals surface area contributed by atoms with E-state index in [0.29, 0.717) is 17.8 Å². The molecule has 0 saturated heterocycles. The second-order valence-electron chi connectivity index (χ2n) is 5.12. The molecule has 1 aromatic carbocycles. The van der Waals surface area contributed by atoms with Gasteiger partial charge in [0.15, 0.2) is 0 Å². The Morgan fingerprint density at radius 3 is 2.48 bits per heavy atom. The summed E-state index contributed by atoms with van der Waals surface area (Å²) in [6.45, 7) is 0. The Kier molecular flexibility index (Phi) is 4.29. The number of nitrogens with two attached hydrogens (primary N) is 1. The van der Waals surface area contributed by atoms with Gasteiger partial charge in [-0.05, 0) is 17.7 Å². The van der Waals surface area contributed by atoms with E-state index >= 15 is 0 Å². The zero-order valence-corrected chi connectivity index (χ0v) is 12.5. The van der Waals surface area contributed by atoms with Crippen molar-refractivity contribution in [3.63, 3.8) is 0 Å². The van der Waals surface area contributed by atoms with E-state index in [1.54, 1.807) is 12.4 Å². The minimum atomic E-state index is 0.0168. The first-order chi connectivity index (χ1) is 11.2. The molecular weight excluding hydrogens is 286 g/mol. The summed E-state index contributed by atoms with van der Waals surface area (Å²) in [5.74, 6) is 0.615. The van der Waals surface area contributed by atoms with Crippen molar-refractivity contribution in [2.24, 2.45) is 10.7 Å². The number of pyridine rings is 1.